The fourth-order valence-corrected chi connectivity index (χ4v) is 1.34. The number of aromatic amines is 1. The molecular formula is C9H12N7O5-. The Balaban J connectivity index is 0.000000491. The summed E-state index contributed by atoms with van der Waals surface area (Å²) in [7, 11) is 0. The van der Waals surface area contributed by atoms with Gasteiger partial charge in [0.15, 0.2) is 11.2 Å². The molecule has 0 bridgehead atoms. The van der Waals surface area contributed by atoms with Crippen molar-refractivity contribution in [2.45, 2.75) is 19.1 Å². The number of nitrogens with two attached hydrogens (primary N) is 1. The topological polar surface area (TPSA) is 211 Å². The van der Waals surface area contributed by atoms with E-state index in [0.29, 0.717) is 0 Å². The van der Waals surface area contributed by atoms with Crippen LogP contribution in [0.1, 0.15) is 18.7 Å². The first-order valence-corrected chi connectivity index (χ1v) is 5.46. The van der Waals surface area contributed by atoms with Crippen LogP contribution in [0.15, 0.2) is 11.0 Å². The van der Waals surface area contributed by atoms with Gasteiger partial charge in [-0.1, -0.05) is 5.02 Å². The molecule has 0 aliphatic heterocycles. The van der Waals surface area contributed by atoms with Crippen molar-refractivity contribution in [3.8, 4) is 0 Å². The monoisotopic (exact) mass is 298 g/mol. The molecule has 0 saturated heterocycles. The number of hydrogen-bond donors (Lipinski definition) is 5. The van der Waals surface area contributed by atoms with Crippen LogP contribution in [0.3, 0.4) is 0 Å². The maximum atomic E-state index is 11.5. The van der Waals surface area contributed by atoms with E-state index in [-0.39, 0.29) is 22.8 Å². The molecule has 0 aliphatic rings. The molecule has 0 unspecified atom stereocenters. The van der Waals surface area contributed by atoms with Crippen LogP contribution in [0.25, 0.3) is 11.2 Å². The summed E-state index contributed by atoms with van der Waals surface area (Å²) in [6.45, 7) is 1.40. The van der Waals surface area contributed by atoms with Crippen molar-refractivity contribution in [2.24, 2.45) is 0 Å². The molecule has 0 fully saturated rings. The molecular weight excluding hydrogens is 286 g/mol. The maximum Gasteiger partial charge on any atom is 0.280 e. The summed E-state index contributed by atoms with van der Waals surface area (Å²) >= 11 is 0. The number of anilines is 1. The van der Waals surface area contributed by atoms with Gasteiger partial charge in [-0.25, -0.2) is 9.97 Å². The minimum atomic E-state index is -1.25. The summed E-state index contributed by atoms with van der Waals surface area (Å²) in [4.78, 5) is 25.3. The van der Waals surface area contributed by atoms with E-state index >= 15 is 0 Å². The highest BCUT2D eigenvalue weighted by molar-refractivity contribution is 5.69. The fraction of sp³-hybridized carbons (Fsp3) is 0.333. The second-order valence-corrected chi connectivity index (χ2v) is 3.86. The van der Waals surface area contributed by atoms with Gasteiger partial charge in [0.2, 0.25) is 5.95 Å². The normalized spacial score (nSPS) is 13.1. The number of aromatic nitrogens is 4. The number of H-pyrrole nitrogens is 1. The summed E-state index contributed by atoms with van der Waals surface area (Å²) in [6, 6.07) is 0. The van der Waals surface area contributed by atoms with Crippen LogP contribution >= 0.6 is 0 Å². The van der Waals surface area contributed by atoms with Crippen molar-refractivity contribution in [3.05, 3.63) is 32.7 Å². The smallest absolute Gasteiger partial charge is 0.280 e. The average Bonchev–Trinajstić information content (AvgIpc) is 2.36. The number of nitrogens with one attached hydrogen (secondary N) is 2. The molecule has 12 nitrogen and oxygen atoms in total. The van der Waals surface area contributed by atoms with Crippen molar-refractivity contribution in [2.75, 3.05) is 5.73 Å². The van der Waals surface area contributed by atoms with Gasteiger partial charge in [0, 0.05) is 0 Å². The van der Waals surface area contributed by atoms with Crippen molar-refractivity contribution in [1.29, 1.82) is 5.53 Å². The molecule has 2 aromatic rings. The van der Waals surface area contributed by atoms with Gasteiger partial charge in [0.1, 0.15) is 6.10 Å². The average molecular weight is 298 g/mol. The Morgan fingerprint density at radius 3 is 2.52 bits per heavy atom. The number of hydrogen-bond acceptors (Lipinski definition) is 10. The van der Waals surface area contributed by atoms with Crippen molar-refractivity contribution >= 4 is 17.1 Å². The summed E-state index contributed by atoms with van der Waals surface area (Å²) in [5.74, 6) is -0.0550. The predicted octanol–water partition coefficient (Wildman–Crippen LogP) is -1.27. The standard InChI is InChI=1S/C9H11N5O3.HN2O2/c1-3(15)6(16)4-2-11-7-5(12-4)8(17)14-9(10)13-7;1-2(3)4/h2-3,6,15-16H,1H3,(H3,10,11,13,14,17);(H-,1,3,4)/q;-1/t3-,6-;/m0./s1. The number of nitrogen functional groups attached to an aromatic ring is 1. The molecule has 0 amide bonds. The highest BCUT2D eigenvalue weighted by Gasteiger charge is 2.17. The van der Waals surface area contributed by atoms with Crippen LogP contribution < -0.4 is 11.3 Å². The van der Waals surface area contributed by atoms with Crippen LogP contribution in [0, 0.1) is 15.9 Å². The Hall–Kier alpha value is -2.86. The lowest BCUT2D eigenvalue weighted by Gasteiger charge is -2.12. The van der Waals surface area contributed by atoms with E-state index in [0.717, 1.165) is 0 Å². The number of aliphatic hydroxyl groups excluding tert-OH is 2. The third kappa shape index (κ3) is 4.32. The zero-order valence-electron chi connectivity index (χ0n) is 10.7. The van der Waals surface area contributed by atoms with Crippen molar-refractivity contribution in [1.82, 2.24) is 19.9 Å². The predicted molar refractivity (Wildman–Crippen MR) is 68.7 cm³/mol. The van der Waals surface area contributed by atoms with Gasteiger partial charge in [0.05, 0.1) is 18.0 Å². The highest BCUT2D eigenvalue weighted by atomic mass is 16.8. The lowest BCUT2D eigenvalue weighted by molar-refractivity contribution is -0.482. The molecule has 2 heterocycles. The largest absolute Gasteiger partial charge is 0.588 e. The molecule has 0 aliphatic carbocycles. The summed E-state index contributed by atoms with van der Waals surface area (Å²) in [5, 5.41) is 34.5. The third-order valence-corrected chi connectivity index (χ3v) is 2.21. The van der Waals surface area contributed by atoms with E-state index in [1.165, 1.54) is 13.1 Å². The van der Waals surface area contributed by atoms with E-state index in [9.17, 15) is 15.0 Å². The molecule has 12 heteroatoms. The molecule has 0 saturated carbocycles. The zero-order valence-corrected chi connectivity index (χ0v) is 10.7. The van der Waals surface area contributed by atoms with Gasteiger partial charge in [-0.15, -0.1) is 0 Å². The lowest BCUT2D eigenvalue weighted by atomic mass is 10.2. The third-order valence-electron chi connectivity index (χ3n) is 2.21. The number of fused-ring (bicyclic) bond motifs is 1. The van der Waals surface area contributed by atoms with Gasteiger partial charge in [-0.05, 0) is 12.5 Å². The van der Waals surface area contributed by atoms with Crippen LogP contribution in [-0.2, 0) is 0 Å². The Bertz CT molecular complexity index is 696. The number of aliphatic hydroxyl groups is 2. The second-order valence-electron chi connectivity index (χ2n) is 3.86. The molecule has 0 radical (unpaired) electrons. The van der Waals surface area contributed by atoms with Crippen molar-refractivity contribution < 1.29 is 15.2 Å². The van der Waals surface area contributed by atoms with Crippen LogP contribution in [0.4, 0.5) is 5.95 Å². The number of nitrogens with zero attached hydrogens (tertiary/aromatic N) is 4. The first kappa shape index (κ1) is 16.2. The van der Waals surface area contributed by atoms with Gasteiger partial charge < -0.3 is 26.4 Å². The van der Waals surface area contributed by atoms with Crippen LogP contribution in [-0.4, -0.2) is 41.3 Å². The van der Waals surface area contributed by atoms with Crippen LogP contribution in [0.5, 0.6) is 0 Å². The Kier molecular flexibility index (Phi) is 5.04. The zero-order chi connectivity index (χ0) is 16.2. The molecule has 6 N–H and O–H groups in total. The van der Waals surface area contributed by atoms with E-state index < -0.39 is 22.8 Å². The van der Waals surface area contributed by atoms with Gasteiger partial charge in [0.25, 0.3) is 5.56 Å². The minimum absolute atomic E-state index is 0.0311. The summed E-state index contributed by atoms with van der Waals surface area (Å²) in [6.07, 6.45) is -0.975. The summed E-state index contributed by atoms with van der Waals surface area (Å²) in [5.41, 5.74) is 10.3. The minimum Gasteiger partial charge on any atom is -0.588 e. The van der Waals surface area contributed by atoms with E-state index in [1.807, 2.05) is 0 Å². The van der Waals surface area contributed by atoms with E-state index in [4.69, 9.17) is 21.7 Å². The Morgan fingerprint density at radius 1 is 1.43 bits per heavy atom. The van der Waals surface area contributed by atoms with Gasteiger partial charge >= 0.3 is 0 Å². The lowest BCUT2D eigenvalue weighted by Crippen LogP contribution is -2.18. The van der Waals surface area contributed by atoms with E-state index in [1.54, 1.807) is 0 Å². The Labute approximate surface area is 116 Å². The van der Waals surface area contributed by atoms with Gasteiger partial charge in [-0.2, -0.15) is 4.98 Å². The van der Waals surface area contributed by atoms with Gasteiger partial charge in [-0.3, -0.25) is 9.78 Å². The molecule has 114 valence electrons. The quantitative estimate of drug-likeness (QED) is 0.330. The molecule has 21 heavy (non-hydrogen) atoms. The fourth-order valence-electron chi connectivity index (χ4n) is 1.34. The highest BCUT2D eigenvalue weighted by Crippen LogP contribution is 2.14. The molecule has 2 rings (SSSR count). The molecule has 0 aromatic carbocycles. The first-order valence-electron chi connectivity index (χ1n) is 5.46. The summed E-state index contributed by atoms with van der Waals surface area (Å²) < 4.78 is 0. The molecule has 0 spiro atoms. The first-order chi connectivity index (χ1) is 9.72. The van der Waals surface area contributed by atoms with Crippen molar-refractivity contribution in [3.63, 3.8) is 0 Å². The maximum absolute atomic E-state index is 11.5. The second kappa shape index (κ2) is 6.53. The number of rotatable bonds is 2. The Morgan fingerprint density at radius 2 is 2.00 bits per heavy atom. The SMILES string of the molecule is C[C@H](O)[C@H](O)c1cnc2nc(N)[nH]c(=O)c2n1.N=[N+]([O-])[O-]. The molecule has 2 aromatic heterocycles. The molecule has 2 atom stereocenters. The van der Waals surface area contributed by atoms with Crippen LogP contribution in [0.2, 0.25) is 0 Å². The van der Waals surface area contributed by atoms with E-state index in [2.05, 4.69) is 19.9 Å².